The monoisotopic (exact) mass is 378 g/mol. The van der Waals surface area contributed by atoms with E-state index in [1.165, 1.54) is 5.56 Å². The number of hydrazone groups is 1. The summed E-state index contributed by atoms with van der Waals surface area (Å²) in [7, 11) is 0. The lowest BCUT2D eigenvalue weighted by Gasteiger charge is -2.52. The van der Waals surface area contributed by atoms with E-state index in [1.54, 1.807) is 0 Å². The van der Waals surface area contributed by atoms with Crippen LogP contribution in [0.5, 0.6) is 0 Å². The molecule has 6 N–H and O–H groups in total. The van der Waals surface area contributed by atoms with Crippen LogP contribution in [0.4, 0.5) is 0 Å². The van der Waals surface area contributed by atoms with E-state index >= 15 is 0 Å². The Hall–Kier alpha value is -1.22. The highest BCUT2D eigenvalue weighted by atomic mass is 35.5. The second-order valence-corrected chi connectivity index (χ2v) is 7.99. The topological polar surface area (TPSA) is 97.9 Å². The lowest BCUT2D eigenvalue weighted by Crippen LogP contribution is -2.76. The number of aliphatic hydroxyl groups is 1. The molecule has 0 spiro atoms. The third-order valence-corrected chi connectivity index (χ3v) is 6.26. The van der Waals surface area contributed by atoms with Crippen LogP contribution in [0.15, 0.2) is 29.4 Å². The molecule has 3 aliphatic heterocycles. The Balaban J connectivity index is 1.53. The van der Waals surface area contributed by atoms with Gasteiger partial charge in [-0.2, -0.15) is 10.1 Å². The number of aliphatic hydroxyl groups excluding tert-OH is 1. The quantitative estimate of drug-likeness (QED) is 0.499. The predicted octanol–water partition coefficient (Wildman–Crippen LogP) is -0.161. The molecule has 0 aliphatic carbocycles. The SMILES string of the molecule is NC1CNCCC1(C1N[C@@H](Cc2ccc(Cl)cc2)C[C@@H]1O)N1CC=NN1. The van der Waals surface area contributed by atoms with Crippen LogP contribution >= 0.6 is 11.6 Å². The van der Waals surface area contributed by atoms with Crippen molar-refractivity contribution in [1.29, 1.82) is 0 Å². The lowest BCUT2D eigenvalue weighted by molar-refractivity contribution is -0.0374. The molecule has 8 heteroatoms. The minimum absolute atomic E-state index is 0.105. The molecule has 7 nitrogen and oxygen atoms in total. The van der Waals surface area contributed by atoms with E-state index in [9.17, 15) is 5.11 Å². The van der Waals surface area contributed by atoms with Crippen molar-refractivity contribution in [2.24, 2.45) is 10.8 Å². The molecule has 5 atom stereocenters. The van der Waals surface area contributed by atoms with Gasteiger partial charge in [-0.05, 0) is 43.5 Å². The van der Waals surface area contributed by atoms with E-state index < -0.39 is 6.10 Å². The fourth-order valence-corrected chi connectivity index (χ4v) is 4.85. The van der Waals surface area contributed by atoms with E-state index in [0.717, 1.165) is 31.0 Å². The maximum Gasteiger partial charge on any atom is 0.0773 e. The minimum atomic E-state index is -0.446. The molecule has 26 heavy (non-hydrogen) atoms. The number of hydrazine groups is 1. The van der Waals surface area contributed by atoms with Crippen LogP contribution < -0.4 is 21.9 Å². The smallest absolute Gasteiger partial charge is 0.0773 e. The molecule has 142 valence electrons. The summed E-state index contributed by atoms with van der Waals surface area (Å²) >= 11 is 5.98. The first-order valence-electron chi connectivity index (χ1n) is 9.29. The summed E-state index contributed by atoms with van der Waals surface area (Å²) in [6.07, 6.45) is 3.83. The Morgan fingerprint density at radius 3 is 2.85 bits per heavy atom. The maximum absolute atomic E-state index is 10.9. The highest BCUT2D eigenvalue weighted by Crippen LogP contribution is 2.35. The van der Waals surface area contributed by atoms with Crippen molar-refractivity contribution in [2.45, 2.75) is 49.0 Å². The predicted molar refractivity (Wildman–Crippen MR) is 103 cm³/mol. The summed E-state index contributed by atoms with van der Waals surface area (Å²) in [5.41, 5.74) is 10.5. The molecule has 0 saturated carbocycles. The Morgan fingerprint density at radius 2 is 2.15 bits per heavy atom. The third-order valence-electron chi connectivity index (χ3n) is 6.01. The van der Waals surface area contributed by atoms with Crippen molar-refractivity contribution in [3.8, 4) is 0 Å². The van der Waals surface area contributed by atoms with Gasteiger partial charge in [0.05, 0.1) is 24.2 Å². The molecule has 3 aliphatic rings. The van der Waals surface area contributed by atoms with Crippen molar-refractivity contribution in [3.05, 3.63) is 34.9 Å². The summed E-state index contributed by atoms with van der Waals surface area (Å²) < 4.78 is 0. The summed E-state index contributed by atoms with van der Waals surface area (Å²) in [6.45, 7) is 2.30. The van der Waals surface area contributed by atoms with Crippen molar-refractivity contribution in [2.75, 3.05) is 19.6 Å². The molecule has 4 rings (SSSR count). The first-order chi connectivity index (χ1) is 12.6. The molecule has 1 aromatic rings. The lowest BCUT2D eigenvalue weighted by atomic mass is 9.75. The number of nitrogens with one attached hydrogen (secondary N) is 3. The van der Waals surface area contributed by atoms with Gasteiger partial charge in [-0.3, -0.25) is 0 Å². The molecule has 2 saturated heterocycles. The minimum Gasteiger partial charge on any atom is -0.391 e. The molecule has 3 unspecified atom stereocenters. The van der Waals surface area contributed by atoms with Gasteiger partial charge in [0.25, 0.3) is 0 Å². The fraction of sp³-hybridized carbons (Fsp3) is 0.611. The van der Waals surface area contributed by atoms with Gasteiger partial charge >= 0.3 is 0 Å². The summed E-state index contributed by atoms with van der Waals surface area (Å²) in [5.74, 6) is 0. The zero-order valence-electron chi connectivity index (χ0n) is 14.7. The van der Waals surface area contributed by atoms with Gasteiger partial charge in [0.2, 0.25) is 0 Å². The largest absolute Gasteiger partial charge is 0.391 e. The zero-order chi connectivity index (χ0) is 18.1. The maximum atomic E-state index is 10.9. The van der Waals surface area contributed by atoms with Crippen LogP contribution in [0.25, 0.3) is 0 Å². The molecule has 1 aromatic carbocycles. The number of piperidine rings is 1. The second kappa shape index (κ2) is 7.42. The van der Waals surface area contributed by atoms with Crippen molar-refractivity contribution < 1.29 is 5.11 Å². The molecule has 3 heterocycles. The number of halogens is 1. The second-order valence-electron chi connectivity index (χ2n) is 7.55. The number of nitrogens with zero attached hydrogens (tertiary/aromatic N) is 2. The molecule has 0 bridgehead atoms. The van der Waals surface area contributed by atoms with E-state index in [2.05, 4.69) is 26.3 Å². The van der Waals surface area contributed by atoms with Gasteiger partial charge < -0.3 is 21.5 Å². The standard InChI is InChI=1S/C18H27ClN6O/c19-13-3-1-12(2-4-13)9-14-10-15(26)17(23-14)18(25-8-7-22-24-25)5-6-21-11-16(18)20/h1-4,7,14-17,21,23-24,26H,5-6,8-11,20H2/t14-,15-,16?,17?,18?/m0/s1. The van der Waals surface area contributed by atoms with Crippen LogP contribution in [0, 0.1) is 0 Å². The van der Waals surface area contributed by atoms with Gasteiger partial charge in [-0.25, -0.2) is 5.53 Å². The first-order valence-corrected chi connectivity index (χ1v) is 9.67. The van der Waals surface area contributed by atoms with E-state index in [0.29, 0.717) is 13.0 Å². The van der Waals surface area contributed by atoms with Crippen LogP contribution in [-0.4, -0.2) is 65.7 Å². The van der Waals surface area contributed by atoms with Crippen LogP contribution in [-0.2, 0) is 6.42 Å². The van der Waals surface area contributed by atoms with Gasteiger partial charge in [0.1, 0.15) is 0 Å². The molecule has 0 amide bonds. The van der Waals surface area contributed by atoms with Crippen molar-refractivity contribution in [3.63, 3.8) is 0 Å². The highest BCUT2D eigenvalue weighted by Gasteiger charge is 2.55. The zero-order valence-corrected chi connectivity index (χ0v) is 15.5. The highest BCUT2D eigenvalue weighted by molar-refractivity contribution is 6.30. The van der Waals surface area contributed by atoms with Gasteiger partial charge in [0.15, 0.2) is 0 Å². The molecular weight excluding hydrogens is 352 g/mol. The Morgan fingerprint density at radius 1 is 1.35 bits per heavy atom. The fourth-order valence-electron chi connectivity index (χ4n) is 4.72. The van der Waals surface area contributed by atoms with E-state index in [4.69, 9.17) is 17.3 Å². The van der Waals surface area contributed by atoms with Crippen molar-refractivity contribution >= 4 is 17.8 Å². The number of nitrogens with two attached hydrogens (primary N) is 1. The average Bonchev–Trinajstić information content (AvgIpc) is 3.28. The molecule has 0 aromatic heterocycles. The number of benzene rings is 1. The van der Waals surface area contributed by atoms with E-state index in [-0.39, 0.29) is 23.7 Å². The first kappa shape index (κ1) is 18.2. The Kier molecular flexibility index (Phi) is 5.18. The van der Waals surface area contributed by atoms with Crippen LogP contribution in [0.1, 0.15) is 18.4 Å². The number of hydrogen-bond acceptors (Lipinski definition) is 7. The summed E-state index contributed by atoms with van der Waals surface area (Å²) in [4.78, 5) is 0. The van der Waals surface area contributed by atoms with Crippen LogP contribution in [0.2, 0.25) is 5.02 Å². The number of hydrogen-bond donors (Lipinski definition) is 5. The third kappa shape index (κ3) is 3.24. The van der Waals surface area contributed by atoms with Gasteiger partial charge in [-0.1, -0.05) is 23.7 Å². The Labute approximate surface area is 158 Å². The average molecular weight is 379 g/mol. The van der Waals surface area contributed by atoms with Crippen LogP contribution in [0.3, 0.4) is 0 Å². The number of rotatable bonds is 4. The van der Waals surface area contributed by atoms with Gasteiger partial charge in [-0.15, -0.1) is 0 Å². The summed E-state index contributed by atoms with van der Waals surface area (Å²) in [6, 6.07) is 7.92. The van der Waals surface area contributed by atoms with E-state index in [1.807, 2.05) is 30.5 Å². The molecular formula is C18H27ClN6O. The summed E-state index contributed by atoms with van der Waals surface area (Å²) in [5, 5.41) is 25.0. The normalized spacial score (nSPS) is 37.8. The molecule has 0 radical (unpaired) electrons. The van der Waals surface area contributed by atoms with Gasteiger partial charge in [0, 0.05) is 29.9 Å². The molecule has 2 fully saturated rings. The van der Waals surface area contributed by atoms with Crippen molar-refractivity contribution in [1.82, 2.24) is 21.2 Å². The Bertz CT molecular complexity index is 648.